The molecule has 13 heavy (non-hydrogen) atoms. The molecule has 0 saturated heterocycles. The fourth-order valence-corrected chi connectivity index (χ4v) is 1.46. The van der Waals surface area contributed by atoms with Crippen molar-refractivity contribution in [2.45, 2.75) is 39.2 Å². The van der Waals surface area contributed by atoms with E-state index in [1.54, 1.807) is 0 Å². The Morgan fingerprint density at radius 3 is 2.92 bits per heavy atom. The summed E-state index contributed by atoms with van der Waals surface area (Å²) in [7, 11) is 0. The first-order valence-electron chi connectivity index (χ1n) is 5.10. The summed E-state index contributed by atoms with van der Waals surface area (Å²) in [6.07, 6.45) is 6.19. The van der Waals surface area contributed by atoms with Crippen LogP contribution in [-0.2, 0) is 4.74 Å². The van der Waals surface area contributed by atoms with Gasteiger partial charge < -0.3 is 10.1 Å². The van der Waals surface area contributed by atoms with Crippen molar-refractivity contribution in [1.29, 1.82) is 0 Å². The van der Waals surface area contributed by atoms with Crippen LogP contribution in [0.25, 0.3) is 0 Å². The van der Waals surface area contributed by atoms with Crippen molar-refractivity contribution in [2.75, 3.05) is 6.54 Å². The molecule has 0 unspecified atom stereocenters. The topological polar surface area (TPSA) is 21.3 Å². The van der Waals surface area contributed by atoms with Crippen LogP contribution >= 0.6 is 0 Å². The Hall–Kier alpha value is -0.920. The predicted molar refractivity (Wildman–Crippen MR) is 53.2 cm³/mol. The van der Waals surface area contributed by atoms with Crippen LogP contribution in [0.5, 0.6) is 0 Å². The van der Waals surface area contributed by atoms with Crippen LogP contribution in [0.3, 0.4) is 0 Å². The second-order valence-corrected chi connectivity index (χ2v) is 3.82. The second kappa shape index (κ2) is 3.44. The highest BCUT2D eigenvalue weighted by Gasteiger charge is 2.25. The van der Waals surface area contributed by atoms with E-state index in [0.717, 1.165) is 18.7 Å². The monoisotopic (exact) mass is 179 g/mol. The molecule has 0 amide bonds. The molecule has 0 radical (unpaired) electrons. The van der Waals surface area contributed by atoms with Gasteiger partial charge in [0.15, 0.2) is 0 Å². The summed E-state index contributed by atoms with van der Waals surface area (Å²) in [6, 6.07) is 0. The molecule has 2 rings (SSSR count). The molecule has 0 aromatic rings. The lowest BCUT2D eigenvalue weighted by Gasteiger charge is -2.19. The number of hydrogen-bond donors (Lipinski definition) is 1. The number of rotatable bonds is 3. The van der Waals surface area contributed by atoms with Crippen LogP contribution < -0.4 is 5.32 Å². The van der Waals surface area contributed by atoms with Gasteiger partial charge in [0.2, 0.25) is 0 Å². The number of allylic oxidation sites excluding steroid dienone is 2. The molecule has 0 spiro atoms. The molecule has 0 aromatic heterocycles. The predicted octanol–water partition coefficient (Wildman–Crippen LogP) is 2.34. The average Bonchev–Trinajstić information content (AvgIpc) is 2.89. The van der Waals surface area contributed by atoms with E-state index in [1.165, 1.54) is 24.1 Å². The number of nitrogens with one attached hydrogen (secondary N) is 1. The van der Waals surface area contributed by atoms with E-state index < -0.39 is 0 Å². The van der Waals surface area contributed by atoms with Gasteiger partial charge in [-0.25, -0.2) is 0 Å². The average molecular weight is 179 g/mol. The SMILES string of the molecule is CCC1=C(OC2CC2)C=C(C)NC1. The molecule has 1 saturated carbocycles. The van der Waals surface area contributed by atoms with Crippen molar-refractivity contribution in [3.05, 3.63) is 23.1 Å². The Morgan fingerprint density at radius 1 is 1.54 bits per heavy atom. The summed E-state index contributed by atoms with van der Waals surface area (Å²) in [4.78, 5) is 0. The third kappa shape index (κ3) is 2.06. The van der Waals surface area contributed by atoms with Crippen LogP contribution in [-0.4, -0.2) is 12.6 Å². The van der Waals surface area contributed by atoms with Crippen molar-refractivity contribution >= 4 is 0 Å². The molecule has 0 bridgehead atoms. The Bertz CT molecular complexity index is 261. The minimum absolute atomic E-state index is 0.513. The van der Waals surface area contributed by atoms with Crippen molar-refractivity contribution < 1.29 is 4.74 Å². The van der Waals surface area contributed by atoms with Crippen LogP contribution in [0.1, 0.15) is 33.1 Å². The Balaban J connectivity index is 2.11. The zero-order valence-corrected chi connectivity index (χ0v) is 8.39. The Labute approximate surface area is 79.7 Å². The first-order chi connectivity index (χ1) is 6.29. The van der Waals surface area contributed by atoms with Gasteiger partial charge in [0.05, 0.1) is 6.10 Å². The summed E-state index contributed by atoms with van der Waals surface area (Å²) < 4.78 is 5.84. The molecule has 1 aliphatic carbocycles. The van der Waals surface area contributed by atoms with Gasteiger partial charge >= 0.3 is 0 Å². The molecule has 1 heterocycles. The number of hydrogen-bond acceptors (Lipinski definition) is 2. The maximum absolute atomic E-state index is 5.84. The fourth-order valence-electron chi connectivity index (χ4n) is 1.46. The highest BCUT2D eigenvalue weighted by atomic mass is 16.5. The van der Waals surface area contributed by atoms with E-state index in [2.05, 4.69) is 25.2 Å². The molecule has 2 nitrogen and oxygen atoms in total. The highest BCUT2D eigenvalue weighted by molar-refractivity contribution is 5.29. The van der Waals surface area contributed by atoms with Gasteiger partial charge in [0, 0.05) is 12.2 Å². The molecule has 1 N–H and O–H groups in total. The number of dihydropyridines is 1. The zero-order chi connectivity index (χ0) is 9.26. The molecule has 2 heteroatoms. The van der Waals surface area contributed by atoms with Gasteiger partial charge in [0.1, 0.15) is 5.76 Å². The van der Waals surface area contributed by atoms with E-state index in [9.17, 15) is 0 Å². The second-order valence-electron chi connectivity index (χ2n) is 3.82. The van der Waals surface area contributed by atoms with Crippen molar-refractivity contribution in [2.24, 2.45) is 0 Å². The molecule has 0 aromatic carbocycles. The quantitative estimate of drug-likeness (QED) is 0.718. The Morgan fingerprint density at radius 2 is 2.31 bits per heavy atom. The van der Waals surface area contributed by atoms with E-state index in [1.807, 2.05) is 0 Å². The van der Waals surface area contributed by atoms with E-state index in [-0.39, 0.29) is 0 Å². The molecular formula is C11H17NO. The van der Waals surface area contributed by atoms with Crippen molar-refractivity contribution in [3.63, 3.8) is 0 Å². The van der Waals surface area contributed by atoms with E-state index in [0.29, 0.717) is 6.10 Å². The zero-order valence-electron chi connectivity index (χ0n) is 8.39. The maximum atomic E-state index is 5.84. The van der Waals surface area contributed by atoms with Crippen molar-refractivity contribution in [3.8, 4) is 0 Å². The van der Waals surface area contributed by atoms with E-state index >= 15 is 0 Å². The summed E-state index contributed by atoms with van der Waals surface area (Å²) in [5.41, 5.74) is 2.62. The van der Waals surface area contributed by atoms with E-state index in [4.69, 9.17) is 4.74 Å². The van der Waals surface area contributed by atoms with Crippen LogP contribution in [0.4, 0.5) is 0 Å². The van der Waals surface area contributed by atoms with Gasteiger partial charge in [-0.2, -0.15) is 0 Å². The lowest BCUT2D eigenvalue weighted by Crippen LogP contribution is -2.21. The minimum Gasteiger partial charge on any atom is -0.490 e. The smallest absolute Gasteiger partial charge is 0.122 e. The third-order valence-electron chi connectivity index (χ3n) is 2.52. The summed E-state index contributed by atoms with van der Waals surface area (Å²) in [6.45, 7) is 5.23. The van der Waals surface area contributed by atoms with Crippen LogP contribution in [0.2, 0.25) is 0 Å². The first kappa shape index (κ1) is 8.67. The Kier molecular flexibility index (Phi) is 2.30. The minimum atomic E-state index is 0.513. The molecule has 1 fully saturated rings. The third-order valence-corrected chi connectivity index (χ3v) is 2.52. The van der Waals surface area contributed by atoms with Gasteiger partial charge in [0.25, 0.3) is 0 Å². The first-order valence-corrected chi connectivity index (χ1v) is 5.10. The van der Waals surface area contributed by atoms with Crippen molar-refractivity contribution in [1.82, 2.24) is 5.32 Å². The molecule has 1 aliphatic heterocycles. The maximum Gasteiger partial charge on any atom is 0.122 e. The van der Waals surface area contributed by atoms with Gasteiger partial charge in [-0.1, -0.05) is 6.92 Å². The standard InChI is InChI=1S/C11H17NO/c1-3-9-7-12-8(2)6-11(9)13-10-4-5-10/h6,10,12H,3-5,7H2,1-2H3. The van der Waals surface area contributed by atoms with Gasteiger partial charge in [-0.3, -0.25) is 0 Å². The number of ether oxygens (including phenoxy) is 1. The van der Waals surface area contributed by atoms with Gasteiger partial charge in [-0.15, -0.1) is 0 Å². The lowest BCUT2D eigenvalue weighted by molar-refractivity contribution is 0.202. The fraction of sp³-hybridized carbons (Fsp3) is 0.636. The molecule has 2 aliphatic rings. The summed E-state index contributed by atoms with van der Waals surface area (Å²) >= 11 is 0. The normalized spacial score (nSPS) is 22.5. The summed E-state index contributed by atoms with van der Waals surface area (Å²) in [5.74, 6) is 1.13. The lowest BCUT2D eigenvalue weighted by atomic mass is 10.1. The molecule has 72 valence electrons. The summed E-state index contributed by atoms with van der Waals surface area (Å²) in [5, 5.41) is 3.33. The van der Waals surface area contributed by atoms with Crippen LogP contribution in [0, 0.1) is 0 Å². The highest BCUT2D eigenvalue weighted by Crippen LogP contribution is 2.29. The van der Waals surface area contributed by atoms with Crippen LogP contribution in [0.15, 0.2) is 23.1 Å². The molecule has 0 atom stereocenters. The largest absolute Gasteiger partial charge is 0.490 e. The van der Waals surface area contributed by atoms with Gasteiger partial charge in [-0.05, 0) is 37.8 Å². The molecular weight excluding hydrogens is 162 g/mol.